The number of aromatic amines is 1. The van der Waals surface area contributed by atoms with E-state index in [4.69, 9.17) is 6.42 Å². The van der Waals surface area contributed by atoms with Crippen molar-refractivity contribution in [2.24, 2.45) is 0 Å². The lowest BCUT2D eigenvalue weighted by atomic mass is 9.98. The van der Waals surface area contributed by atoms with Crippen molar-refractivity contribution in [3.63, 3.8) is 0 Å². The number of aryl methyl sites for hydroxylation is 1. The molecule has 5 nitrogen and oxygen atoms in total. The third-order valence-electron chi connectivity index (χ3n) is 4.11. The number of hydrogen-bond donors (Lipinski definition) is 1. The zero-order valence-corrected chi connectivity index (χ0v) is 14.8. The van der Waals surface area contributed by atoms with Gasteiger partial charge in [0.1, 0.15) is 5.69 Å². The molecule has 0 unspecified atom stereocenters. The number of benzene rings is 1. The van der Waals surface area contributed by atoms with E-state index in [1.54, 1.807) is 25.1 Å². The van der Waals surface area contributed by atoms with Crippen LogP contribution in [0.2, 0.25) is 0 Å². The number of carbonyl (C=O) groups is 1. The Balaban J connectivity index is 2.74. The number of nitrogens with zero attached hydrogens (tertiary/aromatic N) is 1. The molecule has 0 bridgehead atoms. The molecule has 0 atom stereocenters. The lowest BCUT2D eigenvalue weighted by Gasteiger charge is -2.15. The van der Waals surface area contributed by atoms with Crippen molar-refractivity contribution in [3.05, 3.63) is 67.0 Å². The minimum atomic E-state index is -0.552. The highest BCUT2D eigenvalue weighted by atomic mass is 16.2. The van der Waals surface area contributed by atoms with E-state index in [1.807, 2.05) is 13.8 Å². The SMILES string of the molecule is C#Cc1cc(C)cc(C(=O)c2c(CC)c(=O)[nH]c(=O)n2CCCC)c1. The monoisotopic (exact) mass is 338 g/mol. The Morgan fingerprint density at radius 2 is 1.96 bits per heavy atom. The van der Waals surface area contributed by atoms with Crippen molar-refractivity contribution in [2.45, 2.75) is 46.6 Å². The van der Waals surface area contributed by atoms with Gasteiger partial charge in [-0.2, -0.15) is 0 Å². The largest absolute Gasteiger partial charge is 0.328 e. The summed E-state index contributed by atoms with van der Waals surface area (Å²) in [6.07, 6.45) is 7.41. The van der Waals surface area contributed by atoms with Crippen LogP contribution in [0.5, 0.6) is 0 Å². The fraction of sp³-hybridized carbons (Fsp3) is 0.350. The van der Waals surface area contributed by atoms with Gasteiger partial charge in [-0.25, -0.2) is 4.79 Å². The van der Waals surface area contributed by atoms with Crippen LogP contribution in [0.1, 0.15) is 59.4 Å². The van der Waals surface area contributed by atoms with E-state index in [2.05, 4.69) is 10.9 Å². The minimum Gasteiger partial charge on any atom is -0.290 e. The molecule has 1 aromatic heterocycles. The van der Waals surface area contributed by atoms with E-state index in [1.165, 1.54) is 4.57 Å². The number of H-pyrrole nitrogens is 1. The number of hydrogen-bond acceptors (Lipinski definition) is 3. The average molecular weight is 338 g/mol. The fourth-order valence-electron chi connectivity index (χ4n) is 2.86. The van der Waals surface area contributed by atoms with E-state index in [9.17, 15) is 14.4 Å². The van der Waals surface area contributed by atoms with Crippen LogP contribution in [-0.2, 0) is 13.0 Å². The van der Waals surface area contributed by atoms with Gasteiger partial charge in [-0.3, -0.25) is 19.1 Å². The molecule has 2 rings (SSSR count). The van der Waals surface area contributed by atoms with Crippen LogP contribution in [0.25, 0.3) is 0 Å². The first kappa shape index (κ1) is 18.5. The molecule has 130 valence electrons. The Hall–Kier alpha value is -2.87. The molecule has 1 heterocycles. The second kappa shape index (κ2) is 7.80. The molecule has 0 saturated carbocycles. The van der Waals surface area contributed by atoms with Crippen molar-refractivity contribution < 1.29 is 4.79 Å². The molecule has 5 heteroatoms. The summed E-state index contributed by atoms with van der Waals surface area (Å²) < 4.78 is 1.38. The molecule has 0 fully saturated rings. The Labute approximate surface area is 146 Å². The smallest absolute Gasteiger partial charge is 0.290 e. The summed E-state index contributed by atoms with van der Waals surface area (Å²) in [7, 11) is 0. The topological polar surface area (TPSA) is 71.9 Å². The Morgan fingerprint density at radius 1 is 1.24 bits per heavy atom. The number of unbranched alkanes of at least 4 members (excludes halogenated alkanes) is 1. The Bertz CT molecular complexity index is 958. The maximum Gasteiger partial charge on any atom is 0.328 e. The molecule has 0 amide bonds. The van der Waals surface area contributed by atoms with Crippen LogP contribution in [0.15, 0.2) is 27.8 Å². The molecular formula is C20H22N2O3. The number of terminal acetylenes is 1. The highest BCUT2D eigenvalue weighted by Gasteiger charge is 2.22. The number of ketones is 1. The van der Waals surface area contributed by atoms with Gasteiger partial charge in [0.15, 0.2) is 0 Å². The number of aromatic nitrogens is 2. The molecule has 0 spiro atoms. The predicted molar refractivity (Wildman–Crippen MR) is 98.2 cm³/mol. The molecule has 2 aromatic rings. The van der Waals surface area contributed by atoms with Gasteiger partial charge < -0.3 is 0 Å². The zero-order valence-electron chi connectivity index (χ0n) is 14.8. The second-order valence-corrected chi connectivity index (χ2v) is 6.01. The van der Waals surface area contributed by atoms with Gasteiger partial charge in [-0.1, -0.05) is 26.2 Å². The molecule has 25 heavy (non-hydrogen) atoms. The first-order chi connectivity index (χ1) is 11.9. The van der Waals surface area contributed by atoms with Crippen molar-refractivity contribution in [1.82, 2.24) is 9.55 Å². The third-order valence-corrected chi connectivity index (χ3v) is 4.11. The van der Waals surface area contributed by atoms with Gasteiger partial charge >= 0.3 is 5.69 Å². The number of rotatable bonds is 6. The highest BCUT2D eigenvalue weighted by Crippen LogP contribution is 2.16. The second-order valence-electron chi connectivity index (χ2n) is 6.01. The van der Waals surface area contributed by atoms with Crippen LogP contribution in [-0.4, -0.2) is 15.3 Å². The highest BCUT2D eigenvalue weighted by molar-refractivity contribution is 6.09. The normalized spacial score (nSPS) is 10.5. The van der Waals surface area contributed by atoms with Crippen LogP contribution >= 0.6 is 0 Å². The van der Waals surface area contributed by atoms with Crippen molar-refractivity contribution in [3.8, 4) is 12.3 Å². The summed E-state index contributed by atoms with van der Waals surface area (Å²) in [4.78, 5) is 39.9. The molecule has 1 aromatic carbocycles. The van der Waals surface area contributed by atoms with Crippen LogP contribution in [0, 0.1) is 19.3 Å². The number of nitrogens with one attached hydrogen (secondary N) is 1. The maximum atomic E-state index is 13.2. The van der Waals surface area contributed by atoms with E-state index >= 15 is 0 Å². The Kier molecular flexibility index (Phi) is 5.76. The van der Waals surface area contributed by atoms with Gasteiger partial charge in [0.05, 0.1) is 0 Å². The maximum absolute atomic E-state index is 13.2. The first-order valence-electron chi connectivity index (χ1n) is 8.41. The van der Waals surface area contributed by atoms with E-state index in [-0.39, 0.29) is 11.5 Å². The van der Waals surface area contributed by atoms with Gasteiger partial charge in [-0.15, -0.1) is 6.42 Å². The molecule has 0 radical (unpaired) electrons. The average Bonchev–Trinajstić information content (AvgIpc) is 2.59. The molecule has 1 N–H and O–H groups in total. The minimum absolute atomic E-state index is 0.165. The lowest BCUT2D eigenvalue weighted by molar-refractivity contribution is 0.102. The van der Waals surface area contributed by atoms with Crippen LogP contribution in [0.3, 0.4) is 0 Å². The Morgan fingerprint density at radius 3 is 2.56 bits per heavy atom. The van der Waals surface area contributed by atoms with E-state index in [0.29, 0.717) is 29.7 Å². The summed E-state index contributed by atoms with van der Waals surface area (Å²) in [5, 5.41) is 0. The summed E-state index contributed by atoms with van der Waals surface area (Å²) in [5.74, 6) is 2.18. The fourth-order valence-corrected chi connectivity index (χ4v) is 2.86. The van der Waals surface area contributed by atoms with Crippen LogP contribution < -0.4 is 11.2 Å². The lowest BCUT2D eigenvalue weighted by Crippen LogP contribution is -2.37. The van der Waals surface area contributed by atoms with Gasteiger partial charge in [-0.05, 0) is 43.5 Å². The zero-order chi connectivity index (χ0) is 18.6. The number of carbonyl (C=O) groups excluding carboxylic acids is 1. The first-order valence-corrected chi connectivity index (χ1v) is 8.41. The van der Waals surface area contributed by atoms with Crippen molar-refractivity contribution in [1.29, 1.82) is 0 Å². The van der Waals surface area contributed by atoms with E-state index in [0.717, 1.165) is 18.4 Å². The summed E-state index contributed by atoms with van der Waals surface area (Å²) in [5.41, 5.74) is 1.26. The standard InChI is InChI=1S/C20H22N2O3/c1-5-8-9-22-17(16(7-3)19(24)21-20(22)25)18(23)15-11-13(4)10-14(6-2)12-15/h2,10-12H,5,7-9H2,1,3-4H3,(H,21,24,25). The quantitative estimate of drug-likeness (QED) is 0.649. The van der Waals surface area contributed by atoms with E-state index < -0.39 is 11.2 Å². The molecular weight excluding hydrogens is 316 g/mol. The van der Waals surface area contributed by atoms with Crippen LogP contribution in [0.4, 0.5) is 0 Å². The third kappa shape index (κ3) is 3.80. The van der Waals surface area contributed by atoms with Crippen molar-refractivity contribution in [2.75, 3.05) is 0 Å². The molecule has 0 aliphatic carbocycles. The molecule has 0 aliphatic rings. The summed E-state index contributed by atoms with van der Waals surface area (Å²) in [6.45, 7) is 6.02. The van der Waals surface area contributed by atoms with Gasteiger partial charge in [0.25, 0.3) is 5.56 Å². The molecule has 0 saturated heterocycles. The van der Waals surface area contributed by atoms with Gasteiger partial charge in [0, 0.05) is 23.2 Å². The summed E-state index contributed by atoms with van der Waals surface area (Å²) >= 11 is 0. The van der Waals surface area contributed by atoms with Gasteiger partial charge in [0.2, 0.25) is 5.78 Å². The predicted octanol–water partition coefficient (Wildman–Crippen LogP) is 2.42. The summed E-state index contributed by atoms with van der Waals surface area (Å²) in [6, 6.07) is 5.14. The molecule has 0 aliphatic heterocycles. The van der Waals surface area contributed by atoms with Crippen molar-refractivity contribution >= 4 is 5.78 Å².